The number of phenolic OH excluding ortho intramolecular Hbond substituents is 1. The van der Waals surface area contributed by atoms with Crippen molar-refractivity contribution in [3.8, 4) is 5.75 Å². The molecular weight excluding hydrogens is 673 g/mol. The van der Waals surface area contributed by atoms with Crippen LogP contribution in [-0.2, 0) is 31.8 Å². The number of alkyl halides is 3. The van der Waals surface area contributed by atoms with E-state index in [9.17, 15) is 37.5 Å². The van der Waals surface area contributed by atoms with Crippen LogP contribution < -0.4 is 9.91 Å². The fourth-order valence-corrected chi connectivity index (χ4v) is 8.76. The topological polar surface area (TPSA) is 111 Å². The number of hydrogen-bond donors (Lipinski definition) is 1. The van der Waals surface area contributed by atoms with E-state index in [2.05, 4.69) is 11.6 Å². The quantitative estimate of drug-likeness (QED) is 0.231. The highest BCUT2D eigenvalue weighted by molar-refractivity contribution is 6.33. The van der Waals surface area contributed by atoms with Crippen LogP contribution in [0.4, 0.5) is 24.7 Å². The summed E-state index contributed by atoms with van der Waals surface area (Å²) >= 11 is 6.25. The molecule has 0 radical (unpaired) electrons. The predicted molar refractivity (Wildman–Crippen MR) is 178 cm³/mol. The Labute approximate surface area is 290 Å². The zero-order chi connectivity index (χ0) is 35.9. The molecule has 9 nitrogen and oxygen atoms in total. The van der Waals surface area contributed by atoms with Gasteiger partial charge in [0.25, 0.3) is 11.8 Å². The highest BCUT2D eigenvalue weighted by Gasteiger charge is 2.68. The standard InChI is InChI=1S/C37H32ClF3N4O5/c1-4-9-19-10-8-13-23(30(19)46)29-21-14-15-22-28(24(21)18-25-33(48)44(35(50)36(25,29)2)20-11-6-5-7-12-20)34(49)45(32(22)47)43(3)31-26(38)16-17-27(42-31)37(39,40)41/h4-8,10-14,16-17,22,24-25,28-29,46H,1,9,15,18H2,2-3H3. The number of pyridine rings is 1. The lowest BCUT2D eigenvalue weighted by atomic mass is 9.51. The van der Waals surface area contributed by atoms with Crippen molar-refractivity contribution in [2.75, 3.05) is 17.0 Å². The smallest absolute Gasteiger partial charge is 0.433 e. The van der Waals surface area contributed by atoms with Gasteiger partial charge in [0, 0.05) is 18.5 Å². The number of nitrogens with zero attached hydrogens (tertiary/aromatic N) is 4. The average Bonchev–Trinajstić information content (AvgIpc) is 3.45. The molecule has 2 aliphatic heterocycles. The molecule has 13 heteroatoms. The van der Waals surface area contributed by atoms with E-state index < -0.39 is 76.3 Å². The van der Waals surface area contributed by atoms with Crippen LogP contribution in [0, 0.1) is 29.1 Å². The molecule has 2 aromatic carbocycles. The number of aromatic hydroxyl groups is 1. The highest BCUT2D eigenvalue weighted by Crippen LogP contribution is 2.64. The van der Waals surface area contributed by atoms with Crippen molar-refractivity contribution in [1.82, 2.24) is 9.99 Å². The molecule has 1 aromatic heterocycles. The molecule has 2 saturated heterocycles. The van der Waals surface area contributed by atoms with Gasteiger partial charge in [0.05, 0.1) is 33.9 Å². The van der Waals surface area contributed by atoms with E-state index in [4.69, 9.17) is 11.6 Å². The number of para-hydroxylation sites is 2. The van der Waals surface area contributed by atoms with Gasteiger partial charge in [-0.1, -0.05) is 65.7 Å². The fourth-order valence-electron chi connectivity index (χ4n) is 8.54. The van der Waals surface area contributed by atoms with Gasteiger partial charge in [-0.3, -0.25) is 24.2 Å². The van der Waals surface area contributed by atoms with Crippen LogP contribution in [0.15, 0.2) is 85.0 Å². The molecule has 6 unspecified atom stereocenters. The number of hydrogen-bond acceptors (Lipinski definition) is 7. The van der Waals surface area contributed by atoms with E-state index in [0.29, 0.717) is 34.9 Å². The number of phenols is 1. The first-order valence-electron chi connectivity index (χ1n) is 16.1. The van der Waals surface area contributed by atoms with E-state index in [1.54, 1.807) is 61.5 Å². The number of aromatic nitrogens is 1. The number of carbonyl (C=O) groups is 4. The summed E-state index contributed by atoms with van der Waals surface area (Å²) in [7, 11) is 1.25. The lowest BCUT2D eigenvalue weighted by Crippen LogP contribution is -2.49. The van der Waals surface area contributed by atoms with Crippen LogP contribution in [0.3, 0.4) is 0 Å². The van der Waals surface area contributed by atoms with Crippen LogP contribution in [-0.4, -0.2) is 45.8 Å². The number of rotatable bonds is 6. The molecule has 1 N–H and O–H groups in total. The molecule has 7 rings (SSSR count). The maximum absolute atomic E-state index is 14.6. The first-order chi connectivity index (χ1) is 23.7. The molecule has 1 saturated carbocycles. The molecule has 50 heavy (non-hydrogen) atoms. The summed E-state index contributed by atoms with van der Waals surface area (Å²) in [5, 5.41) is 13.2. The van der Waals surface area contributed by atoms with Crippen molar-refractivity contribution >= 4 is 46.7 Å². The van der Waals surface area contributed by atoms with Crippen molar-refractivity contribution in [3.05, 3.63) is 107 Å². The number of imide groups is 2. The van der Waals surface area contributed by atoms with Gasteiger partial charge in [-0.05, 0) is 61.9 Å². The first-order valence-corrected chi connectivity index (χ1v) is 16.5. The number of hydrazine groups is 1. The molecule has 3 heterocycles. The molecule has 0 bridgehead atoms. The molecule has 4 aliphatic rings. The third kappa shape index (κ3) is 4.79. The third-order valence-corrected chi connectivity index (χ3v) is 11.1. The Morgan fingerprint density at radius 3 is 2.42 bits per heavy atom. The van der Waals surface area contributed by atoms with Gasteiger partial charge in [0.2, 0.25) is 11.8 Å². The zero-order valence-corrected chi connectivity index (χ0v) is 27.8. The number of carbonyl (C=O) groups excluding carboxylic acids is 4. The number of halogens is 4. The minimum Gasteiger partial charge on any atom is -0.507 e. The van der Waals surface area contributed by atoms with Gasteiger partial charge in [-0.2, -0.15) is 18.2 Å². The Kier molecular flexibility index (Phi) is 7.93. The molecule has 4 amide bonds. The van der Waals surface area contributed by atoms with Crippen LogP contribution >= 0.6 is 11.6 Å². The Morgan fingerprint density at radius 2 is 1.74 bits per heavy atom. The molecule has 2 aliphatic carbocycles. The Morgan fingerprint density at radius 1 is 1.02 bits per heavy atom. The van der Waals surface area contributed by atoms with Crippen molar-refractivity contribution in [2.24, 2.45) is 29.1 Å². The second-order valence-corrected chi connectivity index (χ2v) is 13.8. The first kappa shape index (κ1) is 33.5. The van der Waals surface area contributed by atoms with E-state index >= 15 is 0 Å². The predicted octanol–water partition coefficient (Wildman–Crippen LogP) is 6.47. The SMILES string of the molecule is C=CCc1cccc(C2C3=CCC4C(=O)N(N(C)c5nc(C(F)(F)F)ccc5Cl)C(=O)C4C3CC3C(=O)N(c4ccccc4)C(=O)C32C)c1O. The van der Waals surface area contributed by atoms with Gasteiger partial charge in [0.1, 0.15) is 11.4 Å². The largest absolute Gasteiger partial charge is 0.507 e. The number of anilines is 2. The van der Waals surface area contributed by atoms with Gasteiger partial charge < -0.3 is 5.11 Å². The lowest BCUT2D eigenvalue weighted by Gasteiger charge is -2.49. The normalized spacial score (nSPS) is 27.6. The van der Waals surface area contributed by atoms with Crippen molar-refractivity contribution in [3.63, 3.8) is 0 Å². The summed E-state index contributed by atoms with van der Waals surface area (Å²) in [6.45, 7) is 5.50. The molecule has 0 spiro atoms. The Balaban J connectivity index is 1.34. The van der Waals surface area contributed by atoms with Crippen LogP contribution in [0.25, 0.3) is 0 Å². The van der Waals surface area contributed by atoms with Gasteiger partial charge in [0.15, 0.2) is 5.82 Å². The number of fused-ring (bicyclic) bond motifs is 4. The second kappa shape index (κ2) is 11.8. The summed E-state index contributed by atoms with van der Waals surface area (Å²) in [4.78, 5) is 62.1. The second-order valence-electron chi connectivity index (χ2n) is 13.4. The third-order valence-electron chi connectivity index (χ3n) is 10.8. The summed E-state index contributed by atoms with van der Waals surface area (Å²) in [5.41, 5.74) is -0.604. The number of amides is 4. The van der Waals surface area contributed by atoms with Crippen LogP contribution in [0.5, 0.6) is 5.75 Å². The van der Waals surface area contributed by atoms with Gasteiger partial charge in [-0.15, -0.1) is 6.58 Å². The van der Waals surface area contributed by atoms with Crippen LogP contribution in [0.2, 0.25) is 5.02 Å². The number of benzene rings is 2. The molecule has 3 fully saturated rings. The Hall–Kier alpha value is -4.97. The van der Waals surface area contributed by atoms with E-state index in [1.165, 1.54) is 11.9 Å². The molecule has 3 aromatic rings. The average molecular weight is 705 g/mol. The minimum atomic E-state index is -4.80. The van der Waals surface area contributed by atoms with E-state index in [0.717, 1.165) is 16.1 Å². The van der Waals surface area contributed by atoms with Crippen molar-refractivity contribution in [1.29, 1.82) is 0 Å². The van der Waals surface area contributed by atoms with Crippen molar-refractivity contribution < 1.29 is 37.5 Å². The van der Waals surface area contributed by atoms with Gasteiger partial charge in [-0.25, -0.2) is 9.88 Å². The van der Waals surface area contributed by atoms with E-state index in [1.807, 2.05) is 6.08 Å². The van der Waals surface area contributed by atoms with Crippen LogP contribution in [0.1, 0.15) is 42.5 Å². The Bertz CT molecular complexity index is 2000. The summed E-state index contributed by atoms with van der Waals surface area (Å²) in [6, 6.07) is 15.4. The fraction of sp³-hybridized carbons (Fsp3) is 0.324. The minimum absolute atomic E-state index is 0.0556. The molecular formula is C37H32ClF3N4O5. The monoisotopic (exact) mass is 704 g/mol. The summed E-state index contributed by atoms with van der Waals surface area (Å²) < 4.78 is 40.7. The maximum Gasteiger partial charge on any atom is 0.433 e. The van der Waals surface area contributed by atoms with Gasteiger partial charge >= 0.3 is 6.18 Å². The summed E-state index contributed by atoms with van der Waals surface area (Å²) in [6.07, 6.45) is -0.862. The van der Waals surface area contributed by atoms with Crippen molar-refractivity contribution in [2.45, 2.75) is 38.3 Å². The molecule has 258 valence electrons. The zero-order valence-electron chi connectivity index (χ0n) is 27.0. The highest BCUT2D eigenvalue weighted by atomic mass is 35.5. The number of allylic oxidation sites excluding steroid dienone is 3. The van der Waals surface area contributed by atoms with E-state index in [-0.39, 0.29) is 23.6 Å². The maximum atomic E-state index is 14.6. The molecule has 6 atom stereocenters. The lowest BCUT2D eigenvalue weighted by molar-refractivity contribution is -0.141. The summed E-state index contributed by atoms with van der Waals surface area (Å²) in [5.74, 6) is -7.11.